The normalized spacial score (nSPS) is 18.4. The van der Waals surface area contributed by atoms with Crippen molar-refractivity contribution in [3.8, 4) is 12.3 Å². The average Bonchev–Trinajstić information content (AvgIpc) is 2.92. The van der Waals surface area contributed by atoms with Gasteiger partial charge in [-0.1, -0.05) is 0 Å². The van der Waals surface area contributed by atoms with Gasteiger partial charge in [-0.3, -0.25) is 0 Å². The van der Waals surface area contributed by atoms with Gasteiger partial charge in [0.2, 0.25) is 0 Å². The van der Waals surface area contributed by atoms with E-state index in [0.29, 0.717) is 11.3 Å². The van der Waals surface area contributed by atoms with Gasteiger partial charge < -0.3 is 9.47 Å². The van der Waals surface area contributed by atoms with E-state index in [2.05, 4.69) is 11.0 Å². The number of aromatic nitrogens is 2. The minimum atomic E-state index is -0.387. The highest BCUT2D eigenvalue weighted by atomic mass is 16.5. The van der Waals surface area contributed by atoms with Crippen LogP contribution in [0.15, 0.2) is 18.2 Å². The van der Waals surface area contributed by atoms with Crippen molar-refractivity contribution in [2.75, 3.05) is 13.7 Å². The molecule has 1 unspecified atom stereocenters. The van der Waals surface area contributed by atoms with Crippen LogP contribution < -0.4 is 0 Å². The quantitative estimate of drug-likeness (QED) is 0.628. The minimum absolute atomic E-state index is 0.0904. The lowest BCUT2D eigenvalue weighted by Gasteiger charge is -2.23. The molecule has 2 heterocycles. The summed E-state index contributed by atoms with van der Waals surface area (Å²) in [6, 6.07) is 5.28. The number of hydrogen-bond acceptors (Lipinski definition) is 4. The molecule has 1 aliphatic heterocycles. The Kier molecular flexibility index (Phi) is 3.63. The summed E-state index contributed by atoms with van der Waals surface area (Å²) in [4.78, 5) is 11.6. The highest BCUT2D eigenvalue weighted by Crippen LogP contribution is 2.28. The fourth-order valence-electron chi connectivity index (χ4n) is 2.63. The van der Waals surface area contributed by atoms with E-state index in [1.54, 1.807) is 12.1 Å². The average molecular weight is 284 g/mol. The molecule has 1 aliphatic rings. The van der Waals surface area contributed by atoms with Crippen molar-refractivity contribution in [3.05, 3.63) is 29.5 Å². The summed E-state index contributed by atoms with van der Waals surface area (Å²) >= 11 is 0. The van der Waals surface area contributed by atoms with Crippen LogP contribution in [0.2, 0.25) is 0 Å². The molecule has 0 radical (unpaired) electrons. The zero-order valence-electron chi connectivity index (χ0n) is 11.8. The van der Waals surface area contributed by atoms with Crippen molar-refractivity contribution >= 4 is 16.9 Å². The van der Waals surface area contributed by atoms with Crippen LogP contribution in [0.5, 0.6) is 0 Å². The van der Waals surface area contributed by atoms with Gasteiger partial charge in [0.25, 0.3) is 0 Å². The number of methoxy groups -OCH3 is 1. The second kappa shape index (κ2) is 5.58. The van der Waals surface area contributed by atoms with Crippen LogP contribution >= 0.6 is 0 Å². The molecule has 0 spiro atoms. The highest BCUT2D eigenvalue weighted by Gasteiger charge is 2.21. The summed E-state index contributed by atoms with van der Waals surface area (Å²) in [5.74, 6) is 2.19. The van der Waals surface area contributed by atoms with Crippen molar-refractivity contribution < 1.29 is 14.3 Å². The maximum atomic E-state index is 11.6. The van der Waals surface area contributed by atoms with Crippen LogP contribution in [-0.4, -0.2) is 29.5 Å². The third-order valence-electron chi connectivity index (χ3n) is 3.69. The zero-order valence-corrected chi connectivity index (χ0v) is 11.8. The minimum Gasteiger partial charge on any atom is -0.465 e. The molecule has 0 amide bonds. The summed E-state index contributed by atoms with van der Waals surface area (Å²) in [5.41, 5.74) is 1.86. The first-order chi connectivity index (χ1) is 10.2. The molecular formula is C16H16N2O3. The lowest BCUT2D eigenvalue weighted by Crippen LogP contribution is -2.19. The topological polar surface area (TPSA) is 53.4 Å². The molecule has 1 atom stereocenters. The number of esters is 1. The van der Waals surface area contributed by atoms with Crippen LogP contribution in [0, 0.1) is 12.3 Å². The van der Waals surface area contributed by atoms with Gasteiger partial charge >= 0.3 is 5.97 Å². The third-order valence-corrected chi connectivity index (χ3v) is 3.69. The highest BCUT2D eigenvalue weighted by molar-refractivity contribution is 5.96. The van der Waals surface area contributed by atoms with Gasteiger partial charge in [-0.25, -0.2) is 9.48 Å². The molecule has 1 aromatic heterocycles. The second-order valence-electron chi connectivity index (χ2n) is 4.98. The molecule has 1 aromatic carbocycles. The monoisotopic (exact) mass is 284 g/mol. The summed E-state index contributed by atoms with van der Waals surface area (Å²) in [6.07, 6.45) is 8.54. The Labute approximate surface area is 122 Å². The molecule has 108 valence electrons. The predicted molar refractivity (Wildman–Crippen MR) is 77.8 cm³/mol. The first-order valence-electron chi connectivity index (χ1n) is 6.93. The Morgan fingerprint density at radius 1 is 1.52 bits per heavy atom. The van der Waals surface area contributed by atoms with E-state index in [4.69, 9.17) is 15.9 Å². The first-order valence-corrected chi connectivity index (χ1v) is 6.93. The zero-order chi connectivity index (χ0) is 14.8. The summed E-state index contributed by atoms with van der Waals surface area (Å²) in [6.45, 7) is 0.734. The molecule has 0 aliphatic carbocycles. The van der Waals surface area contributed by atoms with Gasteiger partial charge in [-0.15, -0.1) is 6.42 Å². The lowest BCUT2D eigenvalue weighted by atomic mass is 10.1. The third kappa shape index (κ3) is 2.39. The maximum absolute atomic E-state index is 11.6. The fraction of sp³-hybridized carbons (Fsp3) is 0.375. The van der Waals surface area contributed by atoms with Crippen LogP contribution in [0.25, 0.3) is 10.9 Å². The second-order valence-corrected chi connectivity index (χ2v) is 4.98. The molecule has 1 fully saturated rings. The number of benzene rings is 1. The van der Waals surface area contributed by atoms with Crippen molar-refractivity contribution in [3.63, 3.8) is 0 Å². The van der Waals surface area contributed by atoms with Gasteiger partial charge in [0.05, 0.1) is 18.2 Å². The number of hydrogen-bond donors (Lipinski definition) is 0. The Bertz CT molecular complexity index is 721. The smallest absolute Gasteiger partial charge is 0.337 e. The van der Waals surface area contributed by atoms with E-state index >= 15 is 0 Å². The first kappa shape index (κ1) is 13.7. The fourth-order valence-corrected chi connectivity index (χ4v) is 2.63. The molecule has 2 aromatic rings. The molecule has 5 heteroatoms. The van der Waals surface area contributed by atoms with Gasteiger partial charge in [0, 0.05) is 12.0 Å². The Morgan fingerprint density at radius 2 is 2.38 bits per heavy atom. The van der Waals surface area contributed by atoms with Crippen LogP contribution in [0.1, 0.15) is 41.5 Å². The summed E-state index contributed by atoms with van der Waals surface area (Å²) in [5, 5.41) is 5.23. The number of rotatable bonds is 2. The number of ether oxygens (including phenoxy) is 2. The van der Waals surface area contributed by atoms with Gasteiger partial charge in [-0.2, -0.15) is 5.10 Å². The van der Waals surface area contributed by atoms with E-state index in [0.717, 1.165) is 36.8 Å². The van der Waals surface area contributed by atoms with Gasteiger partial charge in [0.1, 0.15) is 5.69 Å². The van der Waals surface area contributed by atoms with Gasteiger partial charge in [0.15, 0.2) is 6.23 Å². The molecule has 0 bridgehead atoms. The van der Waals surface area contributed by atoms with Gasteiger partial charge in [-0.05, 0) is 43.4 Å². The van der Waals surface area contributed by atoms with E-state index in [1.165, 1.54) is 7.11 Å². The van der Waals surface area contributed by atoms with E-state index in [-0.39, 0.29) is 12.2 Å². The van der Waals surface area contributed by atoms with Crippen LogP contribution in [0.3, 0.4) is 0 Å². The summed E-state index contributed by atoms with van der Waals surface area (Å²) < 4.78 is 12.3. The molecule has 0 saturated carbocycles. The Hall–Kier alpha value is -2.32. The van der Waals surface area contributed by atoms with E-state index in [1.807, 2.05) is 10.7 Å². The van der Waals surface area contributed by atoms with Crippen LogP contribution in [-0.2, 0) is 9.47 Å². The Morgan fingerprint density at radius 3 is 3.05 bits per heavy atom. The molecule has 5 nitrogen and oxygen atoms in total. The predicted octanol–water partition coefficient (Wildman–Crippen LogP) is 2.50. The maximum Gasteiger partial charge on any atom is 0.337 e. The standard InChI is InChI=1S/C16H16N2O3/c1-3-13-12-10-11(16(19)20-2)7-8-14(12)18(17-13)15-6-4-5-9-21-15/h1,7-8,10,15H,4-6,9H2,2H3. The number of terminal acetylenes is 1. The van der Waals surface area contributed by atoms with E-state index < -0.39 is 0 Å². The largest absolute Gasteiger partial charge is 0.465 e. The molecular weight excluding hydrogens is 268 g/mol. The van der Waals surface area contributed by atoms with Crippen molar-refractivity contribution in [2.45, 2.75) is 25.5 Å². The molecule has 3 rings (SSSR count). The van der Waals surface area contributed by atoms with Crippen LogP contribution in [0.4, 0.5) is 0 Å². The number of nitrogens with zero attached hydrogens (tertiary/aromatic N) is 2. The SMILES string of the molecule is C#Cc1nn(C2CCCCO2)c2ccc(C(=O)OC)cc12. The van der Waals surface area contributed by atoms with Crippen molar-refractivity contribution in [2.24, 2.45) is 0 Å². The number of fused-ring (bicyclic) bond motifs is 1. The molecule has 1 saturated heterocycles. The number of carbonyl (C=O) groups excluding carboxylic acids is 1. The van der Waals surface area contributed by atoms with Crippen molar-refractivity contribution in [1.29, 1.82) is 0 Å². The van der Waals surface area contributed by atoms with E-state index in [9.17, 15) is 4.79 Å². The lowest BCUT2D eigenvalue weighted by molar-refractivity contribution is -0.0367. The number of carbonyl (C=O) groups is 1. The summed E-state index contributed by atoms with van der Waals surface area (Å²) in [7, 11) is 1.36. The molecule has 21 heavy (non-hydrogen) atoms. The Balaban J connectivity index is 2.11. The van der Waals surface area contributed by atoms with Crippen molar-refractivity contribution in [1.82, 2.24) is 9.78 Å². The molecule has 0 N–H and O–H groups in total.